The van der Waals surface area contributed by atoms with Crippen LogP contribution in [0.25, 0.3) is 10.8 Å². The second-order valence-electron chi connectivity index (χ2n) is 15.0. The van der Waals surface area contributed by atoms with Gasteiger partial charge in [-0.1, -0.05) is 13.8 Å². The molecule has 306 valence electrons. The number of rotatable bonds is 8. The van der Waals surface area contributed by atoms with E-state index in [0.717, 1.165) is 46.2 Å². The molecule has 0 saturated carbocycles. The third-order valence-corrected chi connectivity index (χ3v) is 12.4. The molecule has 12 nitrogen and oxygen atoms in total. The molecule has 57 heavy (non-hydrogen) atoms. The number of carbonyl (C=O) groups excluding carboxylic acids is 2. The lowest BCUT2D eigenvalue weighted by atomic mass is 9.70. The fourth-order valence-electron chi connectivity index (χ4n) is 8.96. The molecule has 0 aromatic heterocycles. The SMILES string of the molecule is COc1cc2c(cc1OC)[C@H](C)[C@@H](CO)[C@@H](CO)C2.COc1cc2c(cc1OC)[C@H](C)[C@H]1COC(=O)[C@H]1C2.COc1cc2cc3c(c(C)c2cc1OC)COC3=O. The van der Waals surface area contributed by atoms with Gasteiger partial charge in [0.2, 0.25) is 0 Å². The van der Waals surface area contributed by atoms with Crippen molar-refractivity contribution in [2.75, 3.05) is 62.5 Å². The molecule has 2 aliphatic carbocycles. The Labute approximate surface area is 333 Å². The number of carbonyl (C=O) groups is 2. The number of aliphatic hydroxyl groups is 2. The highest BCUT2D eigenvalue weighted by Crippen LogP contribution is 2.47. The molecule has 1 fully saturated rings. The molecule has 0 amide bonds. The van der Waals surface area contributed by atoms with E-state index in [1.54, 1.807) is 42.7 Å². The quantitative estimate of drug-likeness (QED) is 0.186. The minimum atomic E-state index is -0.255. The Morgan fingerprint density at radius 3 is 1.74 bits per heavy atom. The lowest BCUT2D eigenvalue weighted by Crippen LogP contribution is -2.33. The summed E-state index contributed by atoms with van der Waals surface area (Å²) < 4.78 is 42.3. The fraction of sp³-hybridized carbons (Fsp3) is 0.467. The van der Waals surface area contributed by atoms with E-state index in [1.165, 1.54) is 22.3 Å². The lowest BCUT2D eigenvalue weighted by molar-refractivity contribution is -0.141. The van der Waals surface area contributed by atoms with Crippen LogP contribution >= 0.6 is 0 Å². The molecule has 8 rings (SSSR count). The Bertz CT molecular complexity index is 2130. The maximum Gasteiger partial charge on any atom is 0.338 e. The number of esters is 2. The average molecular weight is 787 g/mol. The van der Waals surface area contributed by atoms with Crippen molar-refractivity contribution in [3.05, 3.63) is 81.4 Å². The van der Waals surface area contributed by atoms with Crippen molar-refractivity contribution in [1.29, 1.82) is 0 Å². The molecule has 0 radical (unpaired) electrons. The number of cyclic esters (lactones) is 2. The summed E-state index contributed by atoms with van der Waals surface area (Å²) in [6.45, 7) is 7.33. The van der Waals surface area contributed by atoms with Gasteiger partial charge in [0.25, 0.3) is 0 Å². The third-order valence-electron chi connectivity index (χ3n) is 12.4. The summed E-state index contributed by atoms with van der Waals surface area (Å²) >= 11 is 0. The average Bonchev–Trinajstić information content (AvgIpc) is 3.80. The first kappa shape index (κ1) is 41.4. The van der Waals surface area contributed by atoms with Crippen LogP contribution in [0, 0.1) is 30.6 Å². The van der Waals surface area contributed by atoms with Crippen LogP contribution in [0.5, 0.6) is 34.5 Å². The van der Waals surface area contributed by atoms with Crippen molar-refractivity contribution in [2.45, 2.75) is 52.1 Å². The highest BCUT2D eigenvalue weighted by atomic mass is 16.5. The molecule has 6 atom stereocenters. The summed E-state index contributed by atoms with van der Waals surface area (Å²) in [5.74, 6) is 4.91. The molecule has 2 N–H and O–H groups in total. The third kappa shape index (κ3) is 7.77. The zero-order valence-corrected chi connectivity index (χ0v) is 34.2. The smallest absolute Gasteiger partial charge is 0.338 e. The van der Waals surface area contributed by atoms with Crippen molar-refractivity contribution >= 4 is 22.7 Å². The first-order chi connectivity index (χ1) is 27.5. The summed E-state index contributed by atoms with van der Waals surface area (Å²) in [6.07, 6.45) is 1.51. The lowest BCUT2D eigenvalue weighted by Gasteiger charge is -2.36. The minimum Gasteiger partial charge on any atom is -0.493 e. The summed E-state index contributed by atoms with van der Waals surface area (Å²) in [6, 6.07) is 13.7. The summed E-state index contributed by atoms with van der Waals surface area (Å²) in [5.41, 5.74) is 7.44. The number of hydrogen-bond donors (Lipinski definition) is 2. The van der Waals surface area contributed by atoms with Crippen molar-refractivity contribution in [1.82, 2.24) is 0 Å². The Morgan fingerprint density at radius 1 is 0.649 bits per heavy atom. The number of benzene rings is 4. The van der Waals surface area contributed by atoms with E-state index in [-0.39, 0.29) is 54.7 Å². The van der Waals surface area contributed by atoms with Crippen LogP contribution in [0.4, 0.5) is 0 Å². The Balaban J connectivity index is 0.000000145. The van der Waals surface area contributed by atoms with Crippen LogP contribution in [0.1, 0.15) is 69.4 Å². The van der Waals surface area contributed by atoms with Crippen LogP contribution in [0.2, 0.25) is 0 Å². The molecule has 4 aliphatic rings. The maximum absolute atomic E-state index is 11.8. The van der Waals surface area contributed by atoms with Gasteiger partial charge >= 0.3 is 11.9 Å². The summed E-state index contributed by atoms with van der Waals surface area (Å²) in [5, 5.41) is 21.0. The van der Waals surface area contributed by atoms with E-state index < -0.39 is 0 Å². The normalized spacial score (nSPS) is 22.5. The minimum absolute atomic E-state index is 0.000557. The van der Waals surface area contributed by atoms with Gasteiger partial charge in [-0.3, -0.25) is 4.79 Å². The van der Waals surface area contributed by atoms with E-state index in [4.69, 9.17) is 37.9 Å². The van der Waals surface area contributed by atoms with Crippen molar-refractivity contribution < 1.29 is 57.7 Å². The maximum atomic E-state index is 11.8. The standard InChI is InChI=1S/C15H18O4.C15H14O4.C15H22O4/c2*1-8-10-6-14(18-3)13(17-2)5-9(10)4-11-12(8)7-19-15(11)16;1-9-12-6-15(19-3)14(18-2)5-10(12)4-11(7-16)13(9)8-17/h5-6,8,11-12H,4,7H2,1-3H3;4-6H,7H2,1-3H3;5-6,9,11,13,16-17H,4,7-8H2,1-3H3/t8-,11-,12+;;9-,11+,13+/m0.0/s1. The van der Waals surface area contributed by atoms with Crippen molar-refractivity contribution in [3.63, 3.8) is 0 Å². The summed E-state index contributed by atoms with van der Waals surface area (Å²) in [7, 11) is 9.72. The molecule has 1 saturated heterocycles. The van der Waals surface area contributed by atoms with E-state index in [2.05, 4.69) is 13.8 Å². The molecule has 4 aromatic rings. The molecule has 4 aromatic carbocycles. The Morgan fingerprint density at radius 2 is 1.18 bits per heavy atom. The van der Waals surface area contributed by atoms with E-state index in [9.17, 15) is 19.8 Å². The monoisotopic (exact) mass is 786 g/mol. The highest BCUT2D eigenvalue weighted by molar-refractivity contribution is 6.01. The summed E-state index contributed by atoms with van der Waals surface area (Å²) in [4.78, 5) is 23.4. The highest BCUT2D eigenvalue weighted by Gasteiger charge is 2.44. The number of aliphatic hydroxyl groups excluding tert-OH is 2. The van der Waals surface area contributed by atoms with Crippen LogP contribution in [-0.2, 0) is 33.7 Å². The Kier molecular flexibility index (Phi) is 12.7. The predicted molar refractivity (Wildman–Crippen MR) is 213 cm³/mol. The first-order valence-electron chi connectivity index (χ1n) is 19.2. The van der Waals surface area contributed by atoms with Gasteiger partial charge in [-0.15, -0.1) is 0 Å². The molecular weight excluding hydrogens is 732 g/mol. The molecule has 2 aliphatic heterocycles. The zero-order valence-electron chi connectivity index (χ0n) is 34.2. The number of aryl methyl sites for hydroxylation is 1. The number of hydrogen-bond acceptors (Lipinski definition) is 12. The van der Waals surface area contributed by atoms with Gasteiger partial charge in [-0.2, -0.15) is 0 Å². The van der Waals surface area contributed by atoms with E-state index in [0.29, 0.717) is 47.7 Å². The van der Waals surface area contributed by atoms with Gasteiger partial charge in [-0.25, -0.2) is 4.79 Å². The van der Waals surface area contributed by atoms with Crippen LogP contribution in [0.3, 0.4) is 0 Å². The van der Waals surface area contributed by atoms with Crippen LogP contribution in [-0.4, -0.2) is 84.6 Å². The van der Waals surface area contributed by atoms with Gasteiger partial charge in [-0.05, 0) is 124 Å². The first-order valence-corrected chi connectivity index (χ1v) is 19.2. The second kappa shape index (κ2) is 17.5. The molecule has 0 bridgehead atoms. The number of ether oxygens (including phenoxy) is 8. The number of methoxy groups -OCH3 is 6. The van der Waals surface area contributed by atoms with Crippen molar-refractivity contribution in [3.8, 4) is 34.5 Å². The van der Waals surface area contributed by atoms with Gasteiger partial charge in [0, 0.05) is 24.7 Å². The molecule has 0 unspecified atom stereocenters. The molecular formula is C45H54O12. The predicted octanol–water partition coefficient (Wildman–Crippen LogP) is 6.57. The molecule has 0 spiro atoms. The van der Waals surface area contributed by atoms with Crippen molar-refractivity contribution in [2.24, 2.45) is 23.7 Å². The fourth-order valence-corrected chi connectivity index (χ4v) is 8.96. The Hall–Kier alpha value is -5.20. The topological polar surface area (TPSA) is 148 Å². The van der Waals surface area contributed by atoms with Crippen LogP contribution < -0.4 is 28.4 Å². The van der Waals surface area contributed by atoms with Gasteiger partial charge < -0.3 is 48.1 Å². The van der Waals surface area contributed by atoms with E-state index >= 15 is 0 Å². The molecule has 2 heterocycles. The number of fused-ring (bicyclic) bond motifs is 5. The van der Waals surface area contributed by atoms with Gasteiger partial charge in [0.05, 0.1) is 60.7 Å². The van der Waals surface area contributed by atoms with E-state index in [1.807, 2.05) is 49.4 Å². The second-order valence-corrected chi connectivity index (χ2v) is 15.0. The largest absolute Gasteiger partial charge is 0.493 e. The van der Waals surface area contributed by atoms with Gasteiger partial charge in [0.1, 0.15) is 6.61 Å². The zero-order chi connectivity index (χ0) is 41.1. The van der Waals surface area contributed by atoms with Crippen LogP contribution in [0.15, 0.2) is 42.5 Å². The molecule has 12 heteroatoms. The van der Waals surface area contributed by atoms with Gasteiger partial charge in [0.15, 0.2) is 34.5 Å².